The highest BCUT2D eigenvalue weighted by Gasteiger charge is 2.15. The Morgan fingerprint density at radius 3 is 2.62 bits per heavy atom. The number of carboxylic acid groups (broad SMARTS) is 1. The molecular weight excluding hydrogens is 293 g/mol. The van der Waals surface area contributed by atoms with Crippen LogP contribution in [0.1, 0.15) is 15.9 Å². The number of anilines is 2. The van der Waals surface area contributed by atoms with Crippen molar-refractivity contribution in [1.82, 2.24) is 0 Å². The van der Waals surface area contributed by atoms with Crippen LogP contribution in [-0.4, -0.2) is 21.9 Å². The van der Waals surface area contributed by atoms with Crippen LogP contribution in [0.15, 0.2) is 41.3 Å². The molecular formula is C15H14FNO3S. The van der Waals surface area contributed by atoms with Crippen LogP contribution in [0.2, 0.25) is 0 Å². The smallest absolute Gasteiger partial charge is 0.337 e. The van der Waals surface area contributed by atoms with E-state index in [1.54, 1.807) is 31.4 Å². The molecule has 0 aliphatic heterocycles. The number of aromatic carboxylic acids is 1. The number of aryl methyl sites for hydroxylation is 1. The Bertz CT molecular complexity index is 689. The molecule has 21 heavy (non-hydrogen) atoms. The molecule has 0 aromatic heterocycles. The molecule has 0 fully saturated rings. The fourth-order valence-electron chi connectivity index (χ4n) is 1.92. The van der Waals surface area contributed by atoms with E-state index in [-0.39, 0.29) is 11.3 Å². The zero-order chi connectivity index (χ0) is 15.6. The maximum Gasteiger partial charge on any atom is 0.337 e. The molecule has 2 rings (SSSR count). The number of benzene rings is 2. The number of rotatable bonds is 4. The van der Waals surface area contributed by atoms with Crippen molar-refractivity contribution in [3.8, 4) is 0 Å². The Hall–Kier alpha value is -2.05. The van der Waals surface area contributed by atoms with Crippen LogP contribution in [0.4, 0.5) is 15.8 Å². The summed E-state index contributed by atoms with van der Waals surface area (Å²) >= 11 is -1.11. The molecule has 0 saturated heterocycles. The van der Waals surface area contributed by atoms with E-state index in [9.17, 15) is 13.7 Å². The van der Waals surface area contributed by atoms with E-state index in [0.29, 0.717) is 10.6 Å². The van der Waals surface area contributed by atoms with Crippen molar-refractivity contribution in [2.45, 2.75) is 11.8 Å². The zero-order valence-electron chi connectivity index (χ0n) is 11.5. The monoisotopic (exact) mass is 307 g/mol. The number of halogens is 1. The third kappa shape index (κ3) is 3.34. The lowest BCUT2D eigenvalue weighted by atomic mass is 10.1. The van der Waals surface area contributed by atoms with E-state index in [0.717, 1.165) is 5.56 Å². The fourth-order valence-corrected chi connectivity index (χ4v) is 2.52. The van der Waals surface area contributed by atoms with Crippen LogP contribution in [0.25, 0.3) is 0 Å². The van der Waals surface area contributed by atoms with Crippen LogP contribution in [0.5, 0.6) is 0 Å². The van der Waals surface area contributed by atoms with Gasteiger partial charge in [-0.15, -0.1) is 0 Å². The summed E-state index contributed by atoms with van der Waals surface area (Å²) in [4.78, 5) is 11.8. The maximum atomic E-state index is 13.9. The first kappa shape index (κ1) is 15.3. The van der Waals surface area contributed by atoms with Gasteiger partial charge in [0, 0.05) is 5.69 Å². The summed E-state index contributed by atoms with van der Waals surface area (Å²) in [6, 6.07) is 8.91. The lowest BCUT2D eigenvalue weighted by Crippen LogP contribution is -2.06. The van der Waals surface area contributed by atoms with Crippen molar-refractivity contribution in [2.75, 3.05) is 11.6 Å². The Labute approximate surface area is 124 Å². The molecule has 2 aromatic rings. The average molecular weight is 307 g/mol. The lowest BCUT2D eigenvalue weighted by molar-refractivity contribution is 0.0697. The van der Waals surface area contributed by atoms with Gasteiger partial charge in [0.05, 0.1) is 11.3 Å². The number of carbonyl (C=O) groups is 1. The number of hydrogen-bond donors (Lipinski definition) is 2. The molecule has 1 unspecified atom stereocenters. The summed E-state index contributed by atoms with van der Waals surface area (Å²) in [6.07, 6.45) is 1.57. The van der Waals surface area contributed by atoms with Crippen LogP contribution in [0.3, 0.4) is 0 Å². The molecule has 0 bridgehead atoms. The van der Waals surface area contributed by atoms with E-state index in [1.165, 1.54) is 18.2 Å². The third-order valence-corrected chi connectivity index (χ3v) is 3.95. The minimum absolute atomic E-state index is 0.0847. The Morgan fingerprint density at radius 2 is 2.05 bits per heavy atom. The van der Waals surface area contributed by atoms with Gasteiger partial charge in [-0.2, -0.15) is 0 Å². The molecule has 0 radical (unpaired) electrons. The first-order valence-corrected chi connectivity index (χ1v) is 7.69. The molecule has 0 amide bonds. The summed E-state index contributed by atoms with van der Waals surface area (Å²) in [6.45, 7) is 1.78. The molecule has 4 nitrogen and oxygen atoms in total. The second-order valence-corrected chi connectivity index (χ2v) is 5.90. The molecule has 0 heterocycles. The molecule has 1 atom stereocenters. The van der Waals surface area contributed by atoms with Crippen molar-refractivity contribution >= 4 is 28.5 Å². The summed E-state index contributed by atoms with van der Waals surface area (Å²) in [7, 11) is 0. The highest BCUT2D eigenvalue weighted by molar-refractivity contribution is 7.90. The lowest BCUT2D eigenvalue weighted by Gasteiger charge is -2.14. The van der Waals surface area contributed by atoms with Crippen molar-refractivity contribution < 1.29 is 18.8 Å². The van der Waals surface area contributed by atoms with Gasteiger partial charge in [-0.1, -0.05) is 6.07 Å². The largest absolute Gasteiger partial charge is 0.612 e. The molecule has 0 aliphatic rings. The van der Waals surface area contributed by atoms with Crippen LogP contribution in [0, 0.1) is 12.7 Å². The van der Waals surface area contributed by atoms with E-state index < -0.39 is 23.0 Å². The van der Waals surface area contributed by atoms with Gasteiger partial charge in [-0.05, 0) is 54.0 Å². The van der Waals surface area contributed by atoms with Gasteiger partial charge in [-0.25, -0.2) is 9.18 Å². The Kier molecular flexibility index (Phi) is 4.50. The van der Waals surface area contributed by atoms with E-state index in [1.807, 2.05) is 0 Å². The van der Waals surface area contributed by atoms with Crippen molar-refractivity contribution in [3.05, 3.63) is 53.3 Å². The Balaban J connectivity index is 2.41. The highest BCUT2D eigenvalue weighted by atomic mass is 32.2. The number of hydrogen-bond acceptors (Lipinski definition) is 3. The topological polar surface area (TPSA) is 72.4 Å². The molecule has 0 spiro atoms. The van der Waals surface area contributed by atoms with E-state index in [2.05, 4.69) is 5.32 Å². The Morgan fingerprint density at radius 1 is 1.33 bits per heavy atom. The standard InChI is InChI=1S/C15H14FNO3S/c1-9-8-10(21(2)20)6-7-13(9)17-14-11(15(18)19)4-3-5-12(14)16/h3-8,17H,1-2H3,(H,18,19). The summed E-state index contributed by atoms with van der Waals surface area (Å²) in [5, 5.41) is 11.9. The van der Waals surface area contributed by atoms with Gasteiger partial charge < -0.3 is 15.0 Å². The van der Waals surface area contributed by atoms with Gasteiger partial charge in [0.1, 0.15) is 12.1 Å². The SMILES string of the molecule is Cc1cc([S+](C)[O-])ccc1Nc1c(F)cccc1C(=O)O. The maximum absolute atomic E-state index is 13.9. The molecule has 6 heteroatoms. The average Bonchev–Trinajstić information content (AvgIpc) is 2.42. The van der Waals surface area contributed by atoms with Crippen molar-refractivity contribution in [1.29, 1.82) is 0 Å². The van der Waals surface area contributed by atoms with E-state index in [4.69, 9.17) is 5.11 Å². The molecule has 2 N–H and O–H groups in total. The van der Waals surface area contributed by atoms with Crippen molar-refractivity contribution in [2.24, 2.45) is 0 Å². The minimum atomic E-state index is -1.21. The molecule has 2 aromatic carbocycles. The van der Waals surface area contributed by atoms with Gasteiger partial charge in [0.2, 0.25) is 0 Å². The van der Waals surface area contributed by atoms with E-state index >= 15 is 0 Å². The fraction of sp³-hybridized carbons (Fsp3) is 0.133. The third-order valence-electron chi connectivity index (χ3n) is 3.03. The number of carboxylic acids is 1. The normalized spacial score (nSPS) is 12.0. The van der Waals surface area contributed by atoms with Gasteiger partial charge >= 0.3 is 5.97 Å². The number of nitrogens with one attached hydrogen (secondary N) is 1. The predicted molar refractivity (Wildman–Crippen MR) is 80.2 cm³/mol. The first-order chi connectivity index (χ1) is 9.90. The van der Waals surface area contributed by atoms with Crippen LogP contribution in [-0.2, 0) is 11.2 Å². The quantitative estimate of drug-likeness (QED) is 0.850. The van der Waals surface area contributed by atoms with Crippen molar-refractivity contribution in [3.63, 3.8) is 0 Å². The second-order valence-electron chi connectivity index (χ2n) is 4.52. The summed E-state index contributed by atoms with van der Waals surface area (Å²) in [5.41, 5.74) is 1.09. The minimum Gasteiger partial charge on any atom is -0.612 e. The van der Waals surface area contributed by atoms with Gasteiger partial charge in [0.25, 0.3) is 0 Å². The second kappa shape index (κ2) is 6.15. The molecule has 0 aliphatic carbocycles. The predicted octanol–water partition coefficient (Wildman–Crippen LogP) is 3.31. The number of para-hydroxylation sites is 1. The van der Waals surface area contributed by atoms with Gasteiger partial charge in [-0.3, -0.25) is 0 Å². The molecule has 110 valence electrons. The van der Waals surface area contributed by atoms with Crippen LogP contribution < -0.4 is 5.32 Å². The highest BCUT2D eigenvalue weighted by Crippen LogP contribution is 2.27. The van der Waals surface area contributed by atoms with Crippen LogP contribution >= 0.6 is 0 Å². The first-order valence-electron chi connectivity index (χ1n) is 6.13. The molecule has 0 saturated carbocycles. The summed E-state index contributed by atoms with van der Waals surface area (Å²) < 4.78 is 25.3. The summed E-state index contributed by atoms with van der Waals surface area (Å²) in [5.74, 6) is -1.85. The van der Waals surface area contributed by atoms with Gasteiger partial charge in [0.15, 0.2) is 4.90 Å². The zero-order valence-corrected chi connectivity index (χ0v) is 12.3.